The Morgan fingerprint density at radius 3 is 2.27 bits per heavy atom. The van der Waals surface area contributed by atoms with Crippen molar-refractivity contribution in [2.45, 2.75) is 11.8 Å². The van der Waals surface area contributed by atoms with Gasteiger partial charge in [0.05, 0.1) is 4.90 Å². The zero-order valence-corrected chi connectivity index (χ0v) is 12.9. The van der Waals surface area contributed by atoms with Crippen LogP contribution in [0, 0.1) is 17.0 Å². The second-order valence-electron chi connectivity index (χ2n) is 4.90. The Morgan fingerprint density at radius 1 is 1.23 bits per heavy atom. The number of nitrogens with two attached hydrogens (primary N) is 1. The standard InChI is InChI=1S/C12H17N5O4S/c1-10-2-4-11(5-3-10)22(20,21)16-8-6-15(7-9-16)12(13)14-17(18)19/h2-5H,6-9H2,1H3,(H2,13,14). The van der Waals surface area contributed by atoms with Crippen molar-refractivity contribution in [1.82, 2.24) is 9.21 Å². The second kappa shape index (κ2) is 6.28. The smallest absolute Gasteiger partial charge is 0.268 e. The van der Waals surface area contributed by atoms with Crippen molar-refractivity contribution < 1.29 is 13.5 Å². The molecule has 0 amide bonds. The average molecular weight is 327 g/mol. The maximum absolute atomic E-state index is 12.5. The van der Waals surface area contributed by atoms with Crippen LogP contribution in [0.2, 0.25) is 0 Å². The Kier molecular flexibility index (Phi) is 4.62. The van der Waals surface area contributed by atoms with Crippen LogP contribution in [0.1, 0.15) is 5.56 Å². The van der Waals surface area contributed by atoms with Crippen molar-refractivity contribution in [2.75, 3.05) is 26.2 Å². The van der Waals surface area contributed by atoms with Crippen LogP contribution in [-0.4, -0.2) is 54.8 Å². The van der Waals surface area contributed by atoms with E-state index in [0.717, 1.165) is 5.56 Å². The van der Waals surface area contributed by atoms with Gasteiger partial charge in [0.2, 0.25) is 10.0 Å². The van der Waals surface area contributed by atoms with Crippen LogP contribution < -0.4 is 5.73 Å². The first-order valence-electron chi connectivity index (χ1n) is 6.61. The molecule has 0 unspecified atom stereocenters. The van der Waals surface area contributed by atoms with Gasteiger partial charge in [0.15, 0.2) is 5.03 Å². The summed E-state index contributed by atoms with van der Waals surface area (Å²) in [5, 5.41) is 12.5. The van der Waals surface area contributed by atoms with E-state index in [4.69, 9.17) is 5.73 Å². The van der Waals surface area contributed by atoms with Crippen LogP contribution in [0.15, 0.2) is 34.3 Å². The largest absolute Gasteiger partial charge is 0.365 e. The SMILES string of the molecule is Cc1ccc(S(=O)(=O)N2CCN(/C(N)=N\[N+](=O)[O-])CC2)cc1. The number of guanidine groups is 1. The number of hydrazone groups is 1. The third kappa shape index (κ3) is 3.52. The molecule has 0 bridgehead atoms. The molecule has 0 radical (unpaired) electrons. The number of nitrogens with zero attached hydrogens (tertiary/aromatic N) is 4. The van der Waals surface area contributed by atoms with Crippen molar-refractivity contribution in [3.8, 4) is 0 Å². The summed E-state index contributed by atoms with van der Waals surface area (Å²) < 4.78 is 26.3. The van der Waals surface area contributed by atoms with Gasteiger partial charge in [0.25, 0.3) is 5.96 Å². The molecular weight excluding hydrogens is 310 g/mol. The van der Waals surface area contributed by atoms with E-state index >= 15 is 0 Å². The molecule has 1 saturated heterocycles. The van der Waals surface area contributed by atoms with Crippen molar-refractivity contribution in [1.29, 1.82) is 0 Å². The van der Waals surface area contributed by atoms with E-state index in [1.54, 1.807) is 24.3 Å². The molecule has 0 atom stereocenters. The van der Waals surface area contributed by atoms with Crippen molar-refractivity contribution >= 4 is 16.0 Å². The summed E-state index contributed by atoms with van der Waals surface area (Å²) in [6.07, 6.45) is 0. The molecule has 10 heteroatoms. The molecule has 1 aromatic carbocycles. The number of piperazine rings is 1. The van der Waals surface area contributed by atoms with Gasteiger partial charge in [0, 0.05) is 26.2 Å². The zero-order chi connectivity index (χ0) is 16.3. The predicted molar refractivity (Wildman–Crippen MR) is 80.1 cm³/mol. The molecule has 1 aliphatic heterocycles. The lowest BCUT2D eigenvalue weighted by Gasteiger charge is -2.33. The molecule has 9 nitrogen and oxygen atoms in total. The minimum absolute atomic E-state index is 0.199. The van der Waals surface area contributed by atoms with E-state index in [2.05, 4.69) is 5.10 Å². The van der Waals surface area contributed by atoms with Crippen LogP contribution >= 0.6 is 0 Å². The van der Waals surface area contributed by atoms with E-state index in [-0.39, 0.29) is 37.0 Å². The van der Waals surface area contributed by atoms with Gasteiger partial charge in [-0.2, -0.15) is 4.31 Å². The number of rotatable bonds is 3. The van der Waals surface area contributed by atoms with E-state index < -0.39 is 15.1 Å². The van der Waals surface area contributed by atoms with Crippen LogP contribution in [-0.2, 0) is 10.0 Å². The van der Waals surface area contributed by atoms with E-state index in [0.29, 0.717) is 0 Å². The van der Waals surface area contributed by atoms with E-state index in [1.165, 1.54) is 9.21 Å². The maximum Gasteiger partial charge on any atom is 0.268 e. The molecule has 1 heterocycles. The average Bonchev–Trinajstić information content (AvgIpc) is 2.47. The lowest BCUT2D eigenvalue weighted by molar-refractivity contribution is -0.485. The Hall–Kier alpha value is -2.20. The fourth-order valence-electron chi connectivity index (χ4n) is 2.16. The van der Waals surface area contributed by atoms with Crippen LogP contribution in [0.5, 0.6) is 0 Å². The fraction of sp³-hybridized carbons (Fsp3) is 0.417. The summed E-state index contributed by atoms with van der Waals surface area (Å²) in [5.41, 5.74) is 6.48. The third-order valence-corrected chi connectivity index (χ3v) is 5.32. The maximum atomic E-state index is 12.5. The first kappa shape index (κ1) is 16.2. The monoisotopic (exact) mass is 327 g/mol. The topological polar surface area (TPSA) is 122 Å². The molecule has 2 N–H and O–H groups in total. The molecule has 120 valence electrons. The highest BCUT2D eigenvalue weighted by atomic mass is 32.2. The van der Waals surface area contributed by atoms with Gasteiger partial charge in [-0.05, 0) is 19.1 Å². The second-order valence-corrected chi connectivity index (χ2v) is 6.84. The van der Waals surface area contributed by atoms with Crippen molar-refractivity contribution in [3.63, 3.8) is 0 Å². The lowest BCUT2D eigenvalue weighted by atomic mass is 10.2. The summed E-state index contributed by atoms with van der Waals surface area (Å²) in [6.45, 7) is 2.80. The van der Waals surface area contributed by atoms with Gasteiger partial charge in [-0.15, -0.1) is 0 Å². The fourth-order valence-corrected chi connectivity index (χ4v) is 3.59. The molecule has 2 rings (SSSR count). The van der Waals surface area contributed by atoms with Gasteiger partial charge in [-0.1, -0.05) is 17.7 Å². The summed E-state index contributed by atoms with van der Waals surface area (Å²) in [5.74, 6) is -0.211. The lowest BCUT2D eigenvalue weighted by Crippen LogP contribution is -2.52. The van der Waals surface area contributed by atoms with E-state index in [9.17, 15) is 18.5 Å². The molecule has 0 aliphatic carbocycles. The predicted octanol–water partition coefficient (Wildman–Crippen LogP) is -0.192. The Balaban J connectivity index is 2.08. The number of aryl methyl sites for hydroxylation is 1. The van der Waals surface area contributed by atoms with Gasteiger partial charge in [-0.3, -0.25) is 0 Å². The number of hydrogen-bond acceptors (Lipinski definition) is 4. The highest BCUT2D eigenvalue weighted by Crippen LogP contribution is 2.18. The minimum Gasteiger partial charge on any atom is -0.365 e. The van der Waals surface area contributed by atoms with Gasteiger partial charge in [-0.25, -0.2) is 18.5 Å². The normalized spacial score (nSPS) is 17.5. The Labute approximate surface area is 128 Å². The number of hydrogen-bond donors (Lipinski definition) is 1. The summed E-state index contributed by atoms with van der Waals surface area (Å²) in [4.78, 5) is 12.0. The quantitative estimate of drug-likeness (QED) is 0.355. The molecule has 1 aromatic rings. The van der Waals surface area contributed by atoms with Crippen molar-refractivity contribution in [2.24, 2.45) is 10.8 Å². The molecule has 1 fully saturated rings. The Morgan fingerprint density at radius 2 is 1.77 bits per heavy atom. The van der Waals surface area contributed by atoms with Gasteiger partial charge in [0.1, 0.15) is 5.10 Å². The summed E-state index contributed by atoms with van der Waals surface area (Å²) in [6, 6.07) is 6.62. The van der Waals surface area contributed by atoms with Gasteiger partial charge >= 0.3 is 0 Å². The van der Waals surface area contributed by atoms with Crippen LogP contribution in [0.3, 0.4) is 0 Å². The van der Waals surface area contributed by atoms with Crippen LogP contribution in [0.25, 0.3) is 0 Å². The highest BCUT2D eigenvalue weighted by Gasteiger charge is 2.29. The van der Waals surface area contributed by atoms with Crippen molar-refractivity contribution in [3.05, 3.63) is 39.9 Å². The van der Waals surface area contributed by atoms with Gasteiger partial charge < -0.3 is 10.6 Å². The first-order valence-corrected chi connectivity index (χ1v) is 8.05. The highest BCUT2D eigenvalue weighted by molar-refractivity contribution is 7.89. The molecule has 0 spiro atoms. The summed E-state index contributed by atoms with van der Waals surface area (Å²) >= 11 is 0. The Bertz CT molecular complexity index is 678. The first-order chi connectivity index (χ1) is 10.3. The minimum atomic E-state index is -3.56. The molecule has 0 aromatic heterocycles. The molecule has 22 heavy (non-hydrogen) atoms. The molecule has 0 saturated carbocycles. The molecular formula is C12H17N5O4S. The number of nitro groups is 1. The molecule has 1 aliphatic rings. The summed E-state index contributed by atoms with van der Waals surface area (Å²) in [7, 11) is -3.56. The van der Waals surface area contributed by atoms with Crippen LogP contribution in [0.4, 0.5) is 0 Å². The third-order valence-electron chi connectivity index (χ3n) is 3.41. The number of benzene rings is 1. The zero-order valence-electron chi connectivity index (χ0n) is 12.0. The number of sulfonamides is 1. The van der Waals surface area contributed by atoms with E-state index in [1.807, 2.05) is 6.92 Å².